The van der Waals surface area contributed by atoms with Crippen molar-refractivity contribution in [2.45, 2.75) is 0 Å². The smallest absolute Gasteiger partial charge is 0.164 e. The molecule has 0 aliphatic heterocycles. The quantitative estimate of drug-likeness (QED) is 0.191. The monoisotopic (exact) mass is 623 g/mol. The molecule has 0 aliphatic rings. The molecule has 0 atom stereocenters. The molecule has 3 nitrogen and oxygen atoms in total. The molecular formula is C41H25N3S2. The number of nitrogens with zero attached hydrogens (tertiary/aromatic N) is 3. The summed E-state index contributed by atoms with van der Waals surface area (Å²) in [6.45, 7) is 0. The summed E-state index contributed by atoms with van der Waals surface area (Å²) >= 11 is 3.61. The average Bonchev–Trinajstić information content (AvgIpc) is 3.73. The van der Waals surface area contributed by atoms with Gasteiger partial charge in [0.15, 0.2) is 17.5 Å². The third-order valence-electron chi connectivity index (χ3n) is 8.35. The Kier molecular flexibility index (Phi) is 6.51. The van der Waals surface area contributed by atoms with Crippen molar-refractivity contribution < 1.29 is 0 Å². The fourth-order valence-corrected chi connectivity index (χ4v) is 8.22. The van der Waals surface area contributed by atoms with E-state index in [2.05, 4.69) is 146 Å². The van der Waals surface area contributed by atoms with Gasteiger partial charge in [-0.3, -0.25) is 0 Å². The lowest BCUT2D eigenvalue weighted by Gasteiger charge is -2.10. The summed E-state index contributed by atoms with van der Waals surface area (Å²) in [5.74, 6) is 1.98. The third kappa shape index (κ3) is 4.87. The van der Waals surface area contributed by atoms with Gasteiger partial charge >= 0.3 is 0 Å². The van der Waals surface area contributed by atoms with Crippen LogP contribution in [-0.4, -0.2) is 15.0 Å². The van der Waals surface area contributed by atoms with E-state index < -0.39 is 0 Å². The molecule has 0 spiro atoms. The van der Waals surface area contributed by atoms with Gasteiger partial charge in [-0.2, -0.15) is 0 Å². The van der Waals surface area contributed by atoms with Gasteiger partial charge in [0, 0.05) is 46.4 Å². The number of thiophene rings is 2. The number of fused-ring (bicyclic) bond motifs is 4. The SMILES string of the molecule is c1ccc(-c2cccc(-c3nc(-c4ccc(-c5cc6ccccc6s5)cc4)nc(-c4ccc5c(c4)sc4ccccc45)n3)c2)cc1. The number of rotatable bonds is 5. The van der Waals surface area contributed by atoms with Crippen LogP contribution in [0.1, 0.15) is 0 Å². The zero-order valence-corrected chi connectivity index (χ0v) is 26.2. The first-order valence-corrected chi connectivity index (χ1v) is 16.8. The lowest BCUT2D eigenvalue weighted by Crippen LogP contribution is -2.00. The largest absolute Gasteiger partial charge is 0.208 e. The van der Waals surface area contributed by atoms with E-state index in [1.54, 1.807) is 11.3 Å². The zero-order valence-electron chi connectivity index (χ0n) is 24.6. The molecular weight excluding hydrogens is 599 g/mol. The van der Waals surface area contributed by atoms with Crippen LogP contribution in [0.15, 0.2) is 152 Å². The molecule has 5 heteroatoms. The normalized spacial score (nSPS) is 11.5. The number of hydrogen-bond acceptors (Lipinski definition) is 5. The molecule has 0 N–H and O–H groups in total. The predicted molar refractivity (Wildman–Crippen MR) is 195 cm³/mol. The van der Waals surface area contributed by atoms with E-state index in [-0.39, 0.29) is 0 Å². The van der Waals surface area contributed by atoms with Gasteiger partial charge in [0.05, 0.1) is 0 Å². The van der Waals surface area contributed by atoms with Crippen LogP contribution < -0.4 is 0 Å². The Bertz CT molecular complexity index is 2500. The van der Waals surface area contributed by atoms with E-state index in [4.69, 9.17) is 15.0 Å². The minimum atomic E-state index is 0.655. The van der Waals surface area contributed by atoms with E-state index in [9.17, 15) is 0 Å². The van der Waals surface area contributed by atoms with Crippen molar-refractivity contribution in [3.63, 3.8) is 0 Å². The van der Waals surface area contributed by atoms with E-state index >= 15 is 0 Å². The first-order chi connectivity index (χ1) is 22.7. The van der Waals surface area contributed by atoms with Crippen molar-refractivity contribution in [1.82, 2.24) is 15.0 Å². The van der Waals surface area contributed by atoms with E-state index in [0.717, 1.165) is 27.8 Å². The van der Waals surface area contributed by atoms with Crippen LogP contribution >= 0.6 is 22.7 Å². The summed E-state index contributed by atoms with van der Waals surface area (Å²) in [5.41, 5.74) is 6.36. The topological polar surface area (TPSA) is 38.7 Å². The van der Waals surface area contributed by atoms with E-state index in [1.807, 2.05) is 17.4 Å². The second kappa shape index (κ2) is 11.1. The van der Waals surface area contributed by atoms with Crippen molar-refractivity contribution in [3.05, 3.63) is 152 Å². The van der Waals surface area contributed by atoms with Crippen LogP contribution in [0, 0.1) is 0 Å². The highest BCUT2D eigenvalue weighted by atomic mass is 32.1. The highest BCUT2D eigenvalue weighted by molar-refractivity contribution is 7.25. The molecule has 3 heterocycles. The van der Waals surface area contributed by atoms with Crippen LogP contribution in [0.25, 0.3) is 86.0 Å². The van der Waals surface area contributed by atoms with Gasteiger partial charge in [-0.05, 0) is 52.4 Å². The van der Waals surface area contributed by atoms with Gasteiger partial charge in [0.2, 0.25) is 0 Å². The predicted octanol–water partition coefficient (Wildman–Crippen LogP) is 11.8. The summed E-state index contributed by atoms with van der Waals surface area (Å²) in [6, 6.07) is 53.3. The summed E-state index contributed by atoms with van der Waals surface area (Å²) in [4.78, 5) is 16.4. The summed E-state index contributed by atoms with van der Waals surface area (Å²) in [6.07, 6.45) is 0. The first kappa shape index (κ1) is 26.9. The van der Waals surface area contributed by atoms with Gasteiger partial charge in [-0.15, -0.1) is 22.7 Å². The molecule has 0 unspecified atom stereocenters. The molecule has 0 fully saturated rings. The van der Waals surface area contributed by atoms with Crippen molar-refractivity contribution in [1.29, 1.82) is 0 Å². The van der Waals surface area contributed by atoms with Crippen LogP contribution in [0.4, 0.5) is 0 Å². The van der Waals surface area contributed by atoms with E-state index in [1.165, 1.54) is 40.7 Å². The van der Waals surface area contributed by atoms with Gasteiger partial charge in [-0.25, -0.2) is 15.0 Å². The van der Waals surface area contributed by atoms with Crippen LogP contribution in [0.3, 0.4) is 0 Å². The molecule has 9 rings (SSSR count). The van der Waals surface area contributed by atoms with Crippen molar-refractivity contribution in [3.8, 4) is 55.7 Å². The lowest BCUT2D eigenvalue weighted by atomic mass is 10.0. The minimum absolute atomic E-state index is 0.655. The Labute approximate surface area is 274 Å². The highest BCUT2D eigenvalue weighted by Crippen LogP contribution is 2.37. The van der Waals surface area contributed by atoms with Crippen molar-refractivity contribution >= 4 is 52.9 Å². The van der Waals surface area contributed by atoms with Gasteiger partial charge < -0.3 is 0 Å². The summed E-state index contributed by atoms with van der Waals surface area (Å²) in [5, 5.41) is 3.81. The number of benzene rings is 6. The summed E-state index contributed by atoms with van der Waals surface area (Å²) in [7, 11) is 0. The Balaban J connectivity index is 1.17. The molecule has 9 aromatic rings. The molecule has 3 aromatic heterocycles. The Hall–Kier alpha value is -5.49. The minimum Gasteiger partial charge on any atom is -0.208 e. The summed E-state index contributed by atoms with van der Waals surface area (Å²) < 4.78 is 3.80. The van der Waals surface area contributed by atoms with Crippen molar-refractivity contribution in [2.24, 2.45) is 0 Å². The Morgan fingerprint density at radius 2 is 0.913 bits per heavy atom. The van der Waals surface area contributed by atoms with Gasteiger partial charge in [-0.1, -0.05) is 121 Å². The Morgan fingerprint density at radius 1 is 0.326 bits per heavy atom. The zero-order chi connectivity index (χ0) is 30.5. The molecule has 0 amide bonds. The molecule has 216 valence electrons. The second-order valence-electron chi connectivity index (χ2n) is 11.3. The second-order valence-corrected chi connectivity index (χ2v) is 13.5. The molecule has 0 bridgehead atoms. The van der Waals surface area contributed by atoms with E-state index in [0.29, 0.717) is 17.5 Å². The fourth-order valence-electron chi connectivity index (χ4n) is 6.00. The lowest BCUT2D eigenvalue weighted by molar-refractivity contribution is 1.07. The maximum Gasteiger partial charge on any atom is 0.164 e. The van der Waals surface area contributed by atoms with Gasteiger partial charge in [0.25, 0.3) is 0 Å². The third-order valence-corrected chi connectivity index (χ3v) is 10.7. The molecule has 6 aromatic carbocycles. The Morgan fingerprint density at radius 3 is 1.72 bits per heavy atom. The molecule has 0 radical (unpaired) electrons. The number of hydrogen-bond donors (Lipinski definition) is 0. The maximum absolute atomic E-state index is 5.07. The average molecular weight is 624 g/mol. The highest BCUT2D eigenvalue weighted by Gasteiger charge is 2.15. The van der Waals surface area contributed by atoms with Crippen LogP contribution in [-0.2, 0) is 0 Å². The molecule has 0 aliphatic carbocycles. The molecule has 0 saturated carbocycles. The van der Waals surface area contributed by atoms with Crippen LogP contribution in [0.5, 0.6) is 0 Å². The van der Waals surface area contributed by atoms with Gasteiger partial charge in [0.1, 0.15) is 0 Å². The maximum atomic E-state index is 5.07. The first-order valence-electron chi connectivity index (χ1n) is 15.2. The fraction of sp³-hybridized carbons (Fsp3) is 0. The molecule has 0 saturated heterocycles. The molecule has 46 heavy (non-hydrogen) atoms. The van der Waals surface area contributed by atoms with Crippen molar-refractivity contribution in [2.75, 3.05) is 0 Å². The standard InChI is InChI=1S/C41H25N3S2/c1-2-9-26(10-3-1)29-12-8-13-31(23-29)40-42-39(28-19-17-27(18-20-28)37-24-30-11-4-6-15-35(30)45-37)43-41(44-40)32-21-22-34-33-14-5-7-16-36(33)46-38(34)25-32/h1-25H. The number of aromatic nitrogens is 3. The van der Waals surface area contributed by atoms with Crippen LogP contribution in [0.2, 0.25) is 0 Å².